The second-order valence-corrected chi connectivity index (χ2v) is 5.20. The number of hydrogen-bond acceptors (Lipinski definition) is 2. The van der Waals surface area contributed by atoms with E-state index < -0.39 is 17.2 Å². The van der Waals surface area contributed by atoms with Gasteiger partial charge in [0.05, 0.1) is 16.3 Å². The summed E-state index contributed by atoms with van der Waals surface area (Å²) in [5.74, 6) is -0.365. The minimum atomic E-state index is -4.46. The van der Waals surface area contributed by atoms with Gasteiger partial charge in [0, 0.05) is 11.6 Å². The number of aryl methyl sites for hydroxylation is 1. The van der Waals surface area contributed by atoms with Crippen LogP contribution in [0.2, 0.25) is 5.02 Å². The van der Waals surface area contributed by atoms with Crippen molar-refractivity contribution in [2.75, 3.05) is 0 Å². The second kappa shape index (κ2) is 4.67. The van der Waals surface area contributed by atoms with E-state index in [1.165, 1.54) is 0 Å². The third kappa shape index (κ3) is 3.00. The maximum Gasteiger partial charge on any atom is 0.417 e. The van der Waals surface area contributed by atoms with Gasteiger partial charge in [-0.15, -0.1) is 0 Å². The summed E-state index contributed by atoms with van der Waals surface area (Å²) in [4.78, 5) is 14.9. The number of hydrogen-bond donors (Lipinski definition) is 1. The number of aromatic nitrogens is 1. The first-order valence-electron chi connectivity index (χ1n) is 5.76. The average molecular weight is 293 g/mol. The van der Waals surface area contributed by atoms with Gasteiger partial charge in [0.1, 0.15) is 0 Å². The number of primary amides is 1. The summed E-state index contributed by atoms with van der Waals surface area (Å²) in [6.07, 6.45) is -1.44. The molecule has 19 heavy (non-hydrogen) atoms. The van der Waals surface area contributed by atoms with Crippen molar-refractivity contribution in [3.63, 3.8) is 0 Å². The van der Waals surface area contributed by atoms with E-state index in [-0.39, 0.29) is 10.9 Å². The van der Waals surface area contributed by atoms with Crippen LogP contribution in [-0.4, -0.2) is 10.9 Å². The lowest BCUT2D eigenvalue weighted by molar-refractivity contribution is -0.137. The fraction of sp³-hybridized carbons (Fsp3) is 0.500. The number of carbonyl (C=O) groups excluding carboxylic acids is 1. The van der Waals surface area contributed by atoms with Gasteiger partial charge in [-0.25, -0.2) is 0 Å². The molecule has 0 saturated heterocycles. The first kappa shape index (κ1) is 14.1. The van der Waals surface area contributed by atoms with E-state index in [2.05, 4.69) is 4.98 Å². The van der Waals surface area contributed by atoms with Crippen molar-refractivity contribution in [1.82, 2.24) is 4.98 Å². The zero-order valence-electron chi connectivity index (χ0n) is 9.93. The number of rotatable bonds is 4. The first-order valence-corrected chi connectivity index (χ1v) is 6.14. The number of halogens is 4. The molecule has 0 unspecified atom stereocenters. The lowest BCUT2D eigenvalue weighted by Crippen LogP contribution is -2.25. The molecule has 1 fully saturated rings. The summed E-state index contributed by atoms with van der Waals surface area (Å²) in [5, 5.41) is -0.0323. The third-order valence-electron chi connectivity index (χ3n) is 3.46. The highest BCUT2D eigenvalue weighted by atomic mass is 35.5. The Morgan fingerprint density at radius 2 is 2.11 bits per heavy atom. The Kier molecular flexibility index (Phi) is 3.47. The van der Waals surface area contributed by atoms with Gasteiger partial charge >= 0.3 is 6.18 Å². The minimum absolute atomic E-state index is 0.0323. The lowest BCUT2D eigenvalue weighted by Gasteiger charge is -2.12. The Labute approximate surface area is 113 Å². The zero-order valence-corrected chi connectivity index (χ0v) is 10.7. The fourth-order valence-corrected chi connectivity index (χ4v) is 2.19. The van der Waals surface area contributed by atoms with Gasteiger partial charge in [0.2, 0.25) is 5.91 Å². The normalized spacial score (nSPS) is 17.3. The Balaban J connectivity index is 2.08. The molecule has 1 amide bonds. The van der Waals surface area contributed by atoms with Gasteiger partial charge in [0.25, 0.3) is 0 Å². The number of alkyl halides is 3. The molecule has 3 nitrogen and oxygen atoms in total. The zero-order chi connectivity index (χ0) is 14.3. The number of carbonyl (C=O) groups is 1. The van der Waals surface area contributed by atoms with Crippen LogP contribution in [0.5, 0.6) is 0 Å². The van der Waals surface area contributed by atoms with Crippen LogP contribution in [0.25, 0.3) is 0 Å². The third-order valence-corrected chi connectivity index (χ3v) is 3.79. The molecule has 0 atom stereocenters. The topological polar surface area (TPSA) is 56.0 Å². The van der Waals surface area contributed by atoms with Crippen LogP contribution < -0.4 is 5.73 Å². The Morgan fingerprint density at radius 1 is 1.47 bits per heavy atom. The van der Waals surface area contributed by atoms with Crippen molar-refractivity contribution < 1.29 is 18.0 Å². The van der Waals surface area contributed by atoms with Crippen LogP contribution >= 0.6 is 11.6 Å². The standard InChI is InChI=1S/C12H12ClF3N2O/c13-8-5-7(12(14,15)16)6-18-9(8)1-2-11(3-4-11)10(17)19/h5-6H,1-4H2,(H2,17,19). The molecule has 7 heteroatoms. The molecule has 1 aliphatic carbocycles. The van der Waals surface area contributed by atoms with E-state index >= 15 is 0 Å². The second-order valence-electron chi connectivity index (χ2n) is 4.79. The van der Waals surface area contributed by atoms with E-state index in [9.17, 15) is 18.0 Å². The molecule has 0 aliphatic heterocycles. The van der Waals surface area contributed by atoms with E-state index in [0.717, 1.165) is 25.1 Å². The summed E-state index contributed by atoms with van der Waals surface area (Å²) < 4.78 is 37.3. The van der Waals surface area contributed by atoms with Gasteiger partial charge in [0.15, 0.2) is 0 Å². The van der Waals surface area contributed by atoms with Crippen LogP contribution in [0.4, 0.5) is 13.2 Å². The van der Waals surface area contributed by atoms with Gasteiger partial charge in [-0.2, -0.15) is 13.2 Å². The number of pyridine rings is 1. The lowest BCUT2D eigenvalue weighted by atomic mass is 9.98. The molecular formula is C12H12ClF3N2O. The van der Waals surface area contributed by atoms with Crippen molar-refractivity contribution in [3.8, 4) is 0 Å². The van der Waals surface area contributed by atoms with Crippen LogP contribution in [0.3, 0.4) is 0 Å². The molecule has 104 valence electrons. The molecule has 0 radical (unpaired) electrons. The van der Waals surface area contributed by atoms with Crippen molar-refractivity contribution in [3.05, 3.63) is 28.5 Å². The highest BCUT2D eigenvalue weighted by Gasteiger charge is 2.47. The molecular weight excluding hydrogens is 281 g/mol. The van der Waals surface area contributed by atoms with Crippen LogP contribution in [0.1, 0.15) is 30.5 Å². The van der Waals surface area contributed by atoms with E-state index in [1.54, 1.807) is 0 Å². The van der Waals surface area contributed by atoms with Crippen molar-refractivity contribution in [2.24, 2.45) is 11.1 Å². The summed E-state index contributed by atoms with van der Waals surface area (Å²) >= 11 is 5.79. The number of nitrogens with zero attached hydrogens (tertiary/aromatic N) is 1. The summed E-state index contributed by atoms with van der Waals surface area (Å²) in [6.45, 7) is 0. The average Bonchev–Trinajstić information content (AvgIpc) is 3.07. The van der Waals surface area contributed by atoms with Crippen LogP contribution in [0.15, 0.2) is 12.3 Å². The molecule has 1 aromatic heterocycles. The number of nitrogens with two attached hydrogens (primary N) is 1. The van der Waals surface area contributed by atoms with Crippen molar-refractivity contribution in [1.29, 1.82) is 0 Å². The first-order chi connectivity index (χ1) is 8.74. The molecule has 0 aromatic carbocycles. The molecule has 2 rings (SSSR count). The largest absolute Gasteiger partial charge is 0.417 e. The minimum Gasteiger partial charge on any atom is -0.369 e. The fourth-order valence-electron chi connectivity index (χ4n) is 1.93. The Morgan fingerprint density at radius 3 is 2.53 bits per heavy atom. The van der Waals surface area contributed by atoms with Crippen molar-refractivity contribution >= 4 is 17.5 Å². The van der Waals surface area contributed by atoms with Gasteiger partial charge in [-0.05, 0) is 31.7 Å². The summed E-state index contributed by atoms with van der Waals surface area (Å²) in [7, 11) is 0. The van der Waals surface area contributed by atoms with E-state index in [0.29, 0.717) is 18.5 Å². The van der Waals surface area contributed by atoms with E-state index in [4.69, 9.17) is 17.3 Å². The highest BCUT2D eigenvalue weighted by molar-refractivity contribution is 6.31. The van der Waals surface area contributed by atoms with Gasteiger partial charge < -0.3 is 5.73 Å². The predicted octanol–water partition coefficient (Wildman–Crippen LogP) is 2.95. The highest BCUT2D eigenvalue weighted by Crippen LogP contribution is 2.49. The SMILES string of the molecule is NC(=O)C1(CCc2ncc(C(F)(F)F)cc2Cl)CC1. The number of amides is 1. The maximum absolute atomic E-state index is 12.4. The molecule has 1 saturated carbocycles. The maximum atomic E-state index is 12.4. The predicted molar refractivity (Wildman–Crippen MR) is 63.4 cm³/mol. The van der Waals surface area contributed by atoms with Crippen LogP contribution in [-0.2, 0) is 17.4 Å². The summed E-state index contributed by atoms with van der Waals surface area (Å²) in [6, 6.07) is 0.855. The Hall–Kier alpha value is -1.30. The van der Waals surface area contributed by atoms with Gasteiger partial charge in [-0.3, -0.25) is 9.78 Å². The molecule has 1 aromatic rings. The monoisotopic (exact) mass is 292 g/mol. The quantitative estimate of drug-likeness (QED) is 0.927. The summed E-state index contributed by atoms with van der Waals surface area (Å²) in [5.41, 5.74) is 4.25. The molecule has 1 heterocycles. The molecule has 2 N–H and O–H groups in total. The van der Waals surface area contributed by atoms with E-state index in [1.807, 2.05) is 0 Å². The Bertz CT molecular complexity index is 512. The molecule has 0 bridgehead atoms. The molecule has 1 aliphatic rings. The van der Waals surface area contributed by atoms with Crippen molar-refractivity contribution in [2.45, 2.75) is 31.9 Å². The van der Waals surface area contributed by atoms with Gasteiger partial charge in [-0.1, -0.05) is 11.6 Å². The molecule has 0 spiro atoms. The van der Waals surface area contributed by atoms with Crippen LogP contribution in [0, 0.1) is 5.41 Å². The smallest absolute Gasteiger partial charge is 0.369 e.